The molecule has 2 nitrogen and oxygen atoms in total. The molecule has 0 radical (unpaired) electrons. The normalized spacial score (nSPS) is 18.4. The summed E-state index contributed by atoms with van der Waals surface area (Å²) in [6.07, 6.45) is 8.28. The SMILES string of the molecule is c1cc(CCNCCN2CCCCCCC2)cs1. The fourth-order valence-electron chi connectivity index (χ4n) is 2.57. The number of nitrogens with one attached hydrogen (secondary N) is 1. The number of rotatable bonds is 6. The van der Waals surface area contributed by atoms with Gasteiger partial charge in [-0.05, 0) is 61.3 Å². The molecule has 0 spiro atoms. The first-order valence-corrected chi connectivity index (χ1v) is 8.33. The predicted molar refractivity (Wildman–Crippen MR) is 80.4 cm³/mol. The van der Waals surface area contributed by atoms with Gasteiger partial charge >= 0.3 is 0 Å². The van der Waals surface area contributed by atoms with E-state index in [4.69, 9.17) is 0 Å². The number of nitrogens with zero attached hydrogens (tertiary/aromatic N) is 1. The van der Waals surface area contributed by atoms with Crippen LogP contribution in [0.2, 0.25) is 0 Å². The molecule has 0 bridgehead atoms. The minimum absolute atomic E-state index is 1.12. The minimum Gasteiger partial charge on any atom is -0.315 e. The third-order valence-corrected chi connectivity index (χ3v) is 4.46. The third-order valence-electron chi connectivity index (χ3n) is 3.72. The summed E-state index contributed by atoms with van der Waals surface area (Å²) in [6.45, 7) is 6.11. The molecule has 0 atom stereocenters. The van der Waals surface area contributed by atoms with E-state index in [1.807, 2.05) is 0 Å². The summed E-state index contributed by atoms with van der Waals surface area (Å²) in [5, 5.41) is 7.98. The molecule has 0 aliphatic carbocycles. The molecule has 0 amide bonds. The van der Waals surface area contributed by atoms with E-state index < -0.39 is 0 Å². The van der Waals surface area contributed by atoms with Crippen molar-refractivity contribution >= 4 is 11.3 Å². The van der Waals surface area contributed by atoms with Crippen molar-refractivity contribution in [2.24, 2.45) is 0 Å². The molecule has 1 aliphatic heterocycles. The average molecular weight is 266 g/mol. The smallest absolute Gasteiger partial charge is 0.0107 e. The van der Waals surface area contributed by atoms with Crippen molar-refractivity contribution in [1.29, 1.82) is 0 Å². The van der Waals surface area contributed by atoms with E-state index in [2.05, 4.69) is 27.0 Å². The van der Waals surface area contributed by atoms with Crippen molar-refractivity contribution < 1.29 is 0 Å². The highest BCUT2D eigenvalue weighted by atomic mass is 32.1. The van der Waals surface area contributed by atoms with Crippen LogP contribution in [0, 0.1) is 0 Å². The van der Waals surface area contributed by atoms with Gasteiger partial charge in [0.2, 0.25) is 0 Å². The average Bonchev–Trinajstić information content (AvgIpc) is 2.84. The van der Waals surface area contributed by atoms with Gasteiger partial charge in [0.25, 0.3) is 0 Å². The Hall–Kier alpha value is -0.380. The maximum Gasteiger partial charge on any atom is 0.0107 e. The second-order valence-electron chi connectivity index (χ2n) is 5.24. The second-order valence-corrected chi connectivity index (χ2v) is 6.02. The van der Waals surface area contributed by atoms with Gasteiger partial charge in [0.05, 0.1) is 0 Å². The van der Waals surface area contributed by atoms with Crippen molar-refractivity contribution in [2.75, 3.05) is 32.7 Å². The topological polar surface area (TPSA) is 15.3 Å². The third kappa shape index (κ3) is 5.51. The largest absolute Gasteiger partial charge is 0.315 e. The lowest BCUT2D eigenvalue weighted by Gasteiger charge is -2.24. The lowest BCUT2D eigenvalue weighted by molar-refractivity contribution is 0.248. The van der Waals surface area contributed by atoms with Crippen LogP contribution in [0.25, 0.3) is 0 Å². The van der Waals surface area contributed by atoms with Gasteiger partial charge in [0, 0.05) is 13.1 Å². The van der Waals surface area contributed by atoms with Gasteiger partial charge in [-0.1, -0.05) is 19.3 Å². The zero-order chi connectivity index (χ0) is 12.5. The highest BCUT2D eigenvalue weighted by Crippen LogP contribution is 2.09. The van der Waals surface area contributed by atoms with E-state index in [1.165, 1.54) is 63.7 Å². The van der Waals surface area contributed by atoms with Gasteiger partial charge in [0.1, 0.15) is 0 Å². The van der Waals surface area contributed by atoms with E-state index in [9.17, 15) is 0 Å². The molecule has 2 rings (SSSR count). The minimum atomic E-state index is 1.12. The summed E-state index contributed by atoms with van der Waals surface area (Å²) in [5.74, 6) is 0. The second kappa shape index (κ2) is 8.68. The Morgan fingerprint density at radius 3 is 2.56 bits per heavy atom. The Labute approximate surface area is 115 Å². The summed E-state index contributed by atoms with van der Waals surface area (Å²) < 4.78 is 0. The summed E-state index contributed by atoms with van der Waals surface area (Å²) in [5.41, 5.74) is 1.47. The van der Waals surface area contributed by atoms with Crippen LogP contribution >= 0.6 is 11.3 Å². The lowest BCUT2D eigenvalue weighted by Crippen LogP contribution is -2.34. The molecule has 1 fully saturated rings. The summed E-state index contributed by atoms with van der Waals surface area (Å²) in [4.78, 5) is 2.64. The highest BCUT2D eigenvalue weighted by molar-refractivity contribution is 7.07. The molecular weight excluding hydrogens is 240 g/mol. The molecule has 18 heavy (non-hydrogen) atoms. The van der Waals surface area contributed by atoms with Gasteiger partial charge < -0.3 is 10.2 Å². The fourth-order valence-corrected chi connectivity index (χ4v) is 3.27. The molecule has 1 aliphatic rings. The van der Waals surface area contributed by atoms with E-state index in [0.717, 1.165) is 13.1 Å². The van der Waals surface area contributed by atoms with Gasteiger partial charge in [-0.3, -0.25) is 0 Å². The van der Waals surface area contributed by atoms with Crippen molar-refractivity contribution in [3.63, 3.8) is 0 Å². The van der Waals surface area contributed by atoms with Gasteiger partial charge in [-0.2, -0.15) is 11.3 Å². The van der Waals surface area contributed by atoms with Gasteiger partial charge in [-0.15, -0.1) is 0 Å². The first kappa shape index (κ1) is 14.0. The van der Waals surface area contributed by atoms with E-state index in [1.54, 1.807) is 11.3 Å². The maximum atomic E-state index is 3.57. The van der Waals surface area contributed by atoms with Crippen molar-refractivity contribution in [1.82, 2.24) is 10.2 Å². The molecule has 3 heteroatoms. The van der Waals surface area contributed by atoms with Gasteiger partial charge in [0.15, 0.2) is 0 Å². The van der Waals surface area contributed by atoms with Gasteiger partial charge in [-0.25, -0.2) is 0 Å². The molecule has 102 valence electrons. The van der Waals surface area contributed by atoms with Crippen molar-refractivity contribution in [3.05, 3.63) is 22.4 Å². The standard InChI is InChI=1S/C15H26N2S/c1-2-4-10-17(11-5-3-1)12-9-16-8-6-15-7-13-18-14-15/h7,13-14,16H,1-6,8-12H2. The van der Waals surface area contributed by atoms with Crippen LogP contribution in [-0.2, 0) is 6.42 Å². The molecule has 0 aromatic carbocycles. The van der Waals surface area contributed by atoms with Crippen LogP contribution in [-0.4, -0.2) is 37.6 Å². The van der Waals surface area contributed by atoms with E-state index in [0.29, 0.717) is 0 Å². The quantitative estimate of drug-likeness (QED) is 0.796. The Balaban J connectivity index is 1.51. The number of thiophene rings is 1. The molecular formula is C15H26N2S. The Kier molecular flexibility index (Phi) is 6.77. The predicted octanol–water partition coefficient (Wildman–Crippen LogP) is 3.15. The molecule has 1 aromatic rings. The molecule has 0 unspecified atom stereocenters. The van der Waals surface area contributed by atoms with Crippen molar-refractivity contribution in [2.45, 2.75) is 38.5 Å². The highest BCUT2D eigenvalue weighted by Gasteiger charge is 2.06. The molecule has 1 saturated heterocycles. The van der Waals surface area contributed by atoms with Crippen LogP contribution in [0.1, 0.15) is 37.7 Å². The fraction of sp³-hybridized carbons (Fsp3) is 0.733. The zero-order valence-electron chi connectivity index (χ0n) is 11.4. The van der Waals surface area contributed by atoms with E-state index >= 15 is 0 Å². The maximum absolute atomic E-state index is 3.57. The zero-order valence-corrected chi connectivity index (χ0v) is 12.2. The first-order chi connectivity index (χ1) is 8.95. The number of hydrogen-bond acceptors (Lipinski definition) is 3. The van der Waals surface area contributed by atoms with Crippen LogP contribution < -0.4 is 5.32 Å². The Morgan fingerprint density at radius 2 is 1.83 bits per heavy atom. The van der Waals surface area contributed by atoms with E-state index in [-0.39, 0.29) is 0 Å². The lowest BCUT2D eigenvalue weighted by atomic mass is 10.1. The van der Waals surface area contributed by atoms with Crippen LogP contribution in [0.15, 0.2) is 16.8 Å². The molecule has 0 saturated carbocycles. The summed E-state index contributed by atoms with van der Waals surface area (Å²) in [6, 6.07) is 2.23. The Bertz CT molecular complexity index is 289. The Morgan fingerprint density at radius 1 is 1.06 bits per heavy atom. The summed E-state index contributed by atoms with van der Waals surface area (Å²) in [7, 11) is 0. The molecule has 1 aromatic heterocycles. The number of likely N-dealkylation sites (tertiary alicyclic amines) is 1. The molecule has 1 N–H and O–H groups in total. The number of hydrogen-bond donors (Lipinski definition) is 1. The van der Waals surface area contributed by atoms with Crippen LogP contribution in [0.4, 0.5) is 0 Å². The van der Waals surface area contributed by atoms with Crippen molar-refractivity contribution in [3.8, 4) is 0 Å². The molecule has 2 heterocycles. The van der Waals surface area contributed by atoms with Crippen LogP contribution in [0.3, 0.4) is 0 Å². The monoisotopic (exact) mass is 266 g/mol. The summed E-state index contributed by atoms with van der Waals surface area (Å²) >= 11 is 1.79. The first-order valence-electron chi connectivity index (χ1n) is 7.39. The van der Waals surface area contributed by atoms with Crippen LogP contribution in [0.5, 0.6) is 0 Å².